The molecule has 0 saturated carbocycles. The van der Waals surface area contributed by atoms with Crippen LogP contribution in [0.1, 0.15) is 10.6 Å². The zero-order valence-corrected chi connectivity index (χ0v) is 15.8. The van der Waals surface area contributed by atoms with E-state index >= 15 is 0 Å². The molecule has 0 aromatic carbocycles. The summed E-state index contributed by atoms with van der Waals surface area (Å²) in [5.74, 6) is -0.828. The molecule has 0 unspecified atom stereocenters. The van der Waals surface area contributed by atoms with Crippen LogP contribution in [-0.2, 0) is 0 Å². The van der Waals surface area contributed by atoms with Crippen LogP contribution in [0.15, 0.2) is 31.2 Å². The van der Waals surface area contributed by atoms with Gasteiger partial charge in [0.25, 0.3) is 5.91 Å². The van der Waals surface area contributed by atoms with Crippen LogP contribution in [0.2, 0.25) is 5.02 Å². The molecule has 1 amide bonds. The predicted octanol–water partition coefficient (Wildman–Crippen LogP) is 3.90. The van der Waals surface area contributed by atoms with Crippen LogP contribution in [0.5, 0.6) is 5.75 Å². The number of nitrogens with one attached hydrogen (secondary N) is 1. The van der Waals surface area contributed by atoms with E-state index in [4.69, 9.17) is 20.8 Å². The van der Waals surface area contributed by atoms with E-state index in [9.17, 15) is 9.59 Å². The molecule has 0 atom stereocenters. The van der Waals surface area contributed by atoms with Gasteiger partial charge in [-0.15, -0.1) is 21.5 Å². The standard InChI is InChI=1S/C13H7BrClN3O4S2/c1-21-8-5(14)4-7(22-12(8)20)10(19)16-13-18-17-11(24-13)9-6(15)2-3-23-9/h2-4H,1H3,(H,16,18,19). The third kappa shape index (κ3) is 3.36. The number of ether oxygens (including phenoxy) is 1. The van der Waals surface area contributed by atoms with Gasteiger partial charge in [0.2, 0.25) is 10.9 Å². The molecule has 3 rings (SSSR count). The van der Waals surface area contributed by atoms with Gasteiger partial charge in [-0.1, -0.05) is 22.9 Å². The number of halogens is 2. The minimum atomic E-state index is -0.764. The number of hydrogen-bond acceptors (Lipinski definition) is 8. The van der Waals surface area contributed by atoms with Crippen LogP contribution in [-0.4, -0.2) is 23.2 Å². The molecule has 0 aliphatic rings. The smallest absolute Gasteiger partial charge is 0.380 e. The molecule has 0 aliphatic heterocycles. The first-order valence-corrected chi connectivity index (χ1v) is 9.12. The van der Waals surface area contributed by atoms with Crippen molar-refractivity contribution in [3.63, 3.8) is 0 Å². The average Bonchev–Trinajstić information content (AvgIpc) is 3.15. The summed E-state index contributed by atoms with van der Waals surface area (Å²) in [6, 6.07) is 3.10. The van der Waals surface area contributed by atoms with Gasteiger partial charge in [-0.3, -0.25) is 10.1 Å². The fourth-order valence-corrected chi connectivity index (χ4v) is 4.29. The summed E-state index contributed by atoms with van der Waals surface area (Å²) in [4.78, 5) is 24.7. The van der Waals surface area contributed by atoms with Gasteiger partial charge in [0.1, 0.15) is 0 Å². The number of nitrogens with zero attached hydrogens (tertiary/aromatic N) is 2. The second-order valence-electron chi connectivity index (χ2n) is 4.24. The lowest BCUT2D eigenvalue weighted by molar-refractivity contribution is 0.0991. The number of methoxy groups -OCH3 is 1. The topological polar surface area (TPSA) is 94.3 Å². The van der Waals surface area contributed by atoms with Crippen molar-refractivity contribution in [1.29, 1.82) is 0 Å². The highest BCUT2D eigenvalue weighted by molar-refractivity contribution is 9.10. The molecule has 7 nitrogen and oxygen atoms in total. The Morgan fingerprint density at radius 3 is 2.88 bits per heavy atom. The molecule has 0 radical (unpaired) electrons. The number of rotatable bonds is 4. The fourth-order valence-electron chi connectivity index (χ4n) is 1.72. The van der Waals surface area contributed by atoms with Crippen LogP contribution in [0.3, 0.4) is 0 Å². The lowest BCUT2D eigenvalue weighted by Gasteiger charge is -2.03. The Labute approximate surface area is 156 Å². The summed E-state index contributed by atoms with van der Waals surface area (Å²) in [7, 11) is 1.33. The molecular weight excluding hydrogens is 442 g/mol. The van der Waals surface area contributed by atoms with Gasteiger partial charge in [0, 0.05) is 6.07 Å². The van der Waals surface area contributed by atoms with Gasteiger partial charge in [-0.05, 0) is 27.4 Å². The summed E-state index contributed by atoms with van der Waals surface area (Å²) < 4.78 is 10.1. The summed E-state index contributed by atoms with van der Waals surface area (Å²) in [5, 5.41) is 13.6. The molecule has 124 valence electrons. The van der Waals surface area contributed by atoms with Crippen LogP contribution < -0.4 is 15.7 Å². The van der Waals surface area contributed by atoms with E-state index in [1.807, 2.05) is 5.38 Å². The number of anilines is 1. The monoisotopic (exact) mass is 447 g/mol. The van der Waals surface area contributed by atoms with Gasteiger partial charge in [0.15, 0.2) is 10.8 Å². The van der Waals surface area contributed by atoms with Gasteiger partial charge < -0.3 is 9.15 Å². The molecule has 3 heterocycles. The minimum absolute atomic E-state index is 0.0166. The van der Waals surface area contributed by atoms with Crippen molar-refractivity contribution in [2.75, 3.05) is 12.4 Å². The first kappa shape index (κ1) is 17.1. The second-order valence-corrected chi connectivity index (χ2v) is 7.40. The molecule has 0 spiro atoms. The third-order valence-electron chi connectivity index (χ3n) is 2.75. The van der Waals surface area contributed by atoms with Crippen LogP contribution in [0, 0.1) is 0 Å². The summed E-state index contributed by atoms with van der Waals surface area (Å²) in [5.41, 5.74) is -0.764. The molecule has 1 N–H and O–H groups in total. The maximum absolute atomic E-state index is 12.2. The second kappa shape index (κ2) is 7.01. The highest BCUT2D eigenvalue weighted by Gasteiger charge is 2.18. The first-order valence-electron chi connectivity index (χ1n) is 6.25. The average molecular weight is 449 g/mol. The molecule has 11 heteroatoms. The Kier molecular flexibility index (Phi) is 4.99. The van der Waals surface area contributed by atoms with E-state index in [0.29, 0.717) is 14.5 Å². The normalized spacial score (nSPS) is 10.6. The van der Waals surface area contributed by atoms with E-state index in [1.54, 1.807) is 6.07 Å². The van der Waals surface area contributed by atoms with Crippen LogP contribution in [0.25, 0.3) is 9.88 Å². The SMILES string of the molecule is COc1c(Br)cc(C(=O)Nc2nnc(-c3sccc3Cl)s2)oc1=O. The van der Waals surface area contributed by atoms with E-state index in [0.717, 1.165) is 16.2 Å². The van der Waals surface area contributed by atoms with Crippen molar-refractivity contribution in [2.45, 2.75) is 0 Å². The maximum atomic E-state index is 12.2. The van der Waals surface area contributed by atoms with Crippen LogP contribution in [0.4, 0.5) is 5.13 Å². The fraction of sp³-hybridized carbons (Fsp3) is 0.0769. The van der Waals surface area contributed by atoms with E-state index in [2.05, 4.69) is 31.4 Å². The minimum Gasteiger partial charge on any atom is -0.489 e. The number of carbonyl (C=O) groups excluding carboxylic acids is 1. The van der Waals surface area contributed by atoms with Gasteiger partial charge in [-0.25, -0.2) is 4.79 Å². The Morgan fingerprint density at radius 1 is 1.46 bits per heavy atom. The van der Waals surface area contributed by atoms with Crippen LogP contribution >= 0.6 is 50.2 Å². The number of amides is 1. The molecule has 0 aliphatic carbocycles. The molecule has 0 fully saturated rings. The quantitative estimate of drug-likeness (QED) is 0.650. The van der Waals surface area contributed by atoms with Crippen molar-refractivity contribution in [3.8, 4) is 15.6 Å². The molecule has 3 aromatic heterocycles. The highest BCUT2D eigenvalue weighted by Crippen LogP contribution is 2.36. The Hall–Kier alpha value is -1.75. The number of thiophene rings is 1. The van der Waals surface area contributed by atoms with Gasteiger partial charge >= 0.3 is 5.63 Å². The lowest BCUT2D eigenvalue weighted by atomic mass is 10.3. The molecule has 0 bridgehead atoms. The van der Waals surface area contributed by atoms with Crippen molar-refractivity contribution in [1.82, 2.24) is 10.2 Å². The van der Waals surface area contributed by atoms with Gasteiger partial charge in [0.05, 0.1) is 21.5 Å². The zero-order valence-electron chi connectivity index (χ0n) is 11.8. The summed E-state index contributed by atoms with van der Waals surface area (Å²) >= 11 is 11.8. The molecule has 3 aromatic rings. The third-order valence-corrected chi connectivity index (χ3v) is 5.67. The molecule has 0 saturated heterocycles. The van der Waals surface area contributed by atoms with Crippen molar-refractivity contribution < 1.29 is 13.9 Å². The highest BCUT2D eigenvalue weighted by atomic mass is 79.9. The van der Waals surface area contributed by atoms with Crippen molar-refractivity contribution >= 4 is 61.2 Å². The predicted molar refractivity (Wildman–Crippen MR) is 95.4 cm³/mol. The molecule has 24 heavy (non-hydrogen) atoms. The zero-order chi connectivity index (χ0) is 17.3. The van der Waals surface area contributed by atoms with Crippen molar-refractivity contribution in [3.05, 3.63) is 43.2 Å². The Balaban J connectivity index is 1.82. The molecular formula is C13H7BrClN3O4S2. The van der Waals surface area contributed by atoms with E-state index in [1.165, 1.54) is 24.5 Å². The first-order chi connectivity index (χ1) is 11.5. The summed E-state index contributed by atoms with van der Waals surface area (Å²) in [6.07, 6.45) is 0. The van der Waals surface area contributed by atoms with E-state index in [-0.39, 0.29) is 16.6 Å². The lowest BCUT2D eigenvalue weighted by Crippen LogP contribution is -2.15. The number of carbonyl (C=O) groups is 1. The number of aromatic nitrogens is 2. The van der Waals surface area contributed by atoms with Crippen molar-refractivity contribution in [2.24, 2.45) is 0 Å². The largest absolute Gasteiger partial charge is 0.489 e. The summed E-state index contributed by atoms with van der Waals surface area (Å²) in [6.45, 7) is 0. The Morgan fingerprint density at radius 2 is 2.25 bits per heavy atom. The number of hydrogen-bond donors (Lipinski definition) is 1. The van der Waals surface area contributed by atoms with E-state index < -0.39 is 11.5 Å². The maximum Gasteiger partial charge on any atom is 0.380 e. The Bertz CT molecular complexity index is 968. The van der Waals surface area contributed by atoms with Gasteiger partial charge in [-0.2, -0.15) is 0 Å².